The number of hydrogen-bond acceptors (Lipinski definition) is 3. The molecule has 0 aliphatic heterocycles. The maximum Gasteiger partial charge on any atom is 0.161 e. The zero-order chi connectivity index (χ0) is 11.0. The molecule has 0 unspecified atom stereocenters. The van der Waals surface area contributed by atoms with Gasteiger partial charge in [0, 0.05) is 42.8 Å². The predicted molar refractivity (Wildman–Crippen MR) is 73.0 cm³/mol. The first-order valence-corrected chi connectivity index (χ1v) is 9.92. The molecule has 5 heteroatoms. The molecule has 3 nitrogen and oxygen atoms in total. The van der Waals surface area contributed by atoms with Crippen LogP contribution in [0.25, 0.3) is 0 Å². The van der Waals surface area contributed by atoms with Gasteiger partial charge >= 0.3 is 0 Å². The third kappa shape index (κ3) is 3.99. The van der Waals surface area contributed by atoms with Gasteiger partial charge in [0.05, 0.1) is 14.2 Å². The second kappa shape index (κ2) is 8.27. The van der Waals surface area contributed by atoms with E-state index in [4.69, 9.17) is 9.47 Å². The van der Waals surface area contributed by atoms with Crippen LogP contribution in [0.15, 0.2) is 18.2 Å². The standard InChI is InChI=1S/C9H10O3.I2/c1-11-8-4-3-7(6-10)5-9(8)12-2;1-2/h3-6H,1-2H3;. The van der Waals surface area contributed by atoms with Crippen molar-refractivity contribution in [2.75, 3.05) is 14.2 Å². The van der Waals surface area contributed by atoms with E-state index in [-0.39, 0.29) is 0 Å². The van der Waals surface area contributed by atoms with Gasteiger partial charge in [0.25, 0.3) is 0 Å². The summed E-state index contributed by atoms with van der Waals surface area (Å²) in [6.07, 6.45) is 0.766. The minimum absolute atomic E-state index is 0.571. The van der Waals surface area contributed by atoms with Crippen LogP contribution in [-0.4, -0.2) is 20.5 Å². The quantitative estimate of drug-likeness (QED) is 0.557. The summed E-state index contributed by atoms with van der Waals surface area (Å²) in [6.45, 7) is 0. The summed E-state index contributed by atoms with van der Waals surface area (Å²) in [5, 5.41) is 0. The summed E-state index contributed by atoms with van der Waals surface area (Å²) < 4.78 is 9.99. The van der Waals surface area contributed by atoms with Crippen LogP contribution in [0, 0.1) is 0 Å². The molecule has 0 aliphatic carbocycles. The number of benzene rings is 1. The molecular formula is C9H10I2O3. The van der Waals surface area contributed by atoms with Gasteiger partial charge in [0.2, 0.25) is 0 Å². The summed E-state index contributed by atoms with van der Waals surface area (Å²) in [6, 6.07) is 5.00. The van der Waals surface area contributed by atoms with E-state index in [1.165, 1.54) is 7.11 Å². The number of ether oxygens (including phenoxy) is 2. The first-order valence-electron chi connectivity index (χ1n) is 3.63. The fourth-order valence-corrected chi connectivity index (χ4v) is 0.926. The van der Waals surface area contributed by atoms with Crippen LogP contribution < -0.4 is 9.47 Å². The van der Waals surface area contributed by atoms with Crippen LogP contribution in [0.2, 0.25) is 0 Å². The zero-order valence-corrected chi connectivity index (χ0v) is 12.1. The zero-order valence-electron chi connectivity index (χ0n) is 7.79. The highest BCUT2D eigenvalue weighted by molar-refractivity contribution is 15.0. The van der Waals surface area contributed by atoms with E-state index < -0.39 is 0 Å². The second-order valence-electron chi connectivity index (χ2n) is 2.23. The Labute approximate surface area is 106 Å². The van der Waals surface area contributed by atoms with Gasteiger partial charge in [-0.2, -0.15) is 0 Å². The summed E-state index contributed by atoms with van der Waals surface area (Å²) in [5.74, 6) is 1.20. The lowest BCUT2D eigenvalue weighted by atomic mass is 10.2. The molecule has 0 spiro atoms. The Hall–Kier alpha value is -0.0500. The number of hydrogen-bond donors (Lipinski definition) is 0. The van der Waals surface area contributed by atoms with Crippen molar-refractivity contribution in [3.8, 4) is 11.5 Å². The Bertz CT molecular complexity index is 289. The first-order chi connectivity index (χ1) is 6.81. The smallest absolute Gasteiger partial charge is 0.161 e. The largest absolute Gasteiger partial charge is 0.493 e. The topological polar surface area (TPSA) is 35.5 Å². The Morgan fingerprint density at radius 2 is 1.71 bits per heavy atom. The van der Waals surface area contributed by atoms with E-state index in [1.54, 1.807) is 25.3 Å². The molecule has 0 saturated heterocycles. The molecule has 14 heavy (non-hydrogen) atoms. The normalized spacial score (nSPS) is 8.29. The minimum Gasteiger partial charge on any atom is -0.493 e. The van der Waals surface area contributed by atoms with Crippen molar-refractivity contribution in [3.05, 3.63) is 23.8 Å². The Morgan fingerprint density at radius 1 is 1.14 bits per heavy atom. The fraction of sp³-hybridized carbons (Fsp3) is 0.222. The third-order valence-electron chi connectivity index (χ3n) is 1.54. The van der Waals surface area contributed by atoms with E-state index in [9.17, 15) is 4.79 Å². The average molecular weight is 420 g/mol. The van der Waals surface area contributed by atoms with Crippen LogP contribution in [0.5, 0.6) is 11.5 Å². The minimum atomic E-state index is 0.571. The predicted octanol–water partition coefficient (Wildman–Crippen LogP) is 3.29. The lowest BCUT2D eigenvalue weighted by Crippen LogP contribution is -1.91. The molecule has 0 bridgehead atoms. The molecule has 78 valence electrons. The number of carbonyl (C=O) groups excluding carboxylic acids is 1. The highest BCUT2D eigenvalue weighted by Crippen LogP contribution is 2.26. The number of aldehydes is 1. The Morgan fingerprint density at radius 3 is 2.14 bits per heavy atom. The van der Waals surface area contributed by atoms with Crippen LogP contribution in [-0.2, 0) is 0 Å². The van der Waals surface area contributed by atoms with Crippen LogP contribution in [0.3, 0.4) is 0 Å². The van der Waals surface area contributed by atoms with Gasteiger partial charge in [-0.3, -0.25) is 4.79 Å². The second-order valence-corrected chi connectivity index (χ2v) is 2.23. The Balaban J connectivity index is 0.000000791. The molecule has 1 aromatic carbocycles. The van der Waals surface area contributed by atoms with Crippen LogP contribution in [0.1, 0.15) is 10.4 Å². The molecule has 1 aromatic rings. The summed E-state index contributed by atoms with van der Waals surface area (Å²) >= 11 is 4.24. The highest BCUT2D eigenvalue weighted by Gasteiger charge is 2.02. The van der Waals surface area contributed by atoms with Gasteiger partial charge in [-0.1, -0.05) is 0 Å². The van der Waals surface area contributed by atoms with E-state index in [1.807, 2.05) is 0 Å². The van der Waals surface area contributed by atoms with E-state index >= 15 is 0 Å². The SMILES string of the molecule is COc1ccc(C=O)cc1OC.II. The number of rotatable bonds is 3. The molecule has 0 aliphatic rings. The van der Waals surface area contributed by atoms with Crippen molar-refractivity contribution < 1.29 is 14.3 Å². The van der Waals surface area contributed by atoms with Crippen molar-refractivity contribution in [3.63, 3.8) is 0 Å². The molecule has 0 fully saturated rings. The highest BCUT2D eigenvalue weighted by atomic mass is 128. The molecule has 0 atom stereocenters. The van der Waals surface area contributed by atoms with E-state index in [2.05, 4.69) is 37.2 Å². The molecule has 0 radical (unpaired) electrons. The summed E-state index contributed by atoms with van der Waals surface area (Å²) in [4.78, 5) is 10.4. The molecule has 0 N–H and O–H groups in total. The molecule has 1 rings (SSSR count). The molecule has 0 saturated carbocycles. The Kier molecular flexibility index (Phi) is 8.24. The summed E-state index contributed by atoms with van der Waals surface area (Å²) in [7, 11) is 3.09. The molecule has 0 amide bonds. The van der Waals surface area contributed by atoms with E-state index in [0.717, 1.165) is 6.29 Å². The number of carbonyl (C=O) groups is 1. The maximum atomic E-state index is 10.4. The van der Waals surface area contributed by atoms with Crippen molar-refractivity contribution in [2.24, 2.45) is 0 Å². The lowest BCUT2D eigenvalue weighted by molar-refractivity contribution is 0.112. The first kappa shape index (κ1) is 13.9. The van der Waals surface area contributed by atoms with Gasteiger partial charge < -0.3 is 9.47 Å². The van der Waals surface area contributed by atoms with Gasteiger partial charge in [-0.25, -0.2) is 0 Å². The van der Waals surface area contributed by atoms with Crippen molar-refractivity contribution in [2.45, 2.75) is 0 Å². The van der Waals surface area contributed by atoms with Crippen LogP contribution >= 0.6 is 37.2 Å². The van der Waals surface area contributed by atoms with Crippen molar-refractivity contribution >= 4 is 43.5 Å². The maximum absolute atomic E-state index is 10.4. The van der Waals surface area contributed by atoms with Gasteiger partial charge in [-0.05, 0) is 18.2 Å². The fourth-order valence-electron chi connectivity index (χ4n) is 0.926. The molecular weight excluding hydrogens is 410 g/mol. The average Bonchev–Trinajstić information content (AvgIpc) is 2.30. The van der Waals surface area contributed by atoms with Gasteiger partial charge in [0.1, 0.15) is 6.29 Å². The molecule has 0 aromatic heterocycles. The van der Waals surface area contributed by atoms with Crippen molar-refractivity contribution in [1.29, 1.82) is 0 Å². The van der Waals surface area contributed by atoms with E-state index in [0.29, 0.717) is 17.1 Å². The van der Waals surface area contributed by atoms with Gasteiger partial charge in [0.15, 0.2) is 11.5 Å². The van der Waals surface area contributed by atoms with Crippen LogP contribution in [0.4, 0.5) is 0 Å². The summed E-state index contributed by atoms with van der Waals surface area (Å²) in [5.41, 5.74) is 0.577. The van der Waals surface area contributed by atoms with Crippen molar-refractivity contribution in [1.82, 2.24) is 0 Å². The lowest BCUT2D eigenvalue weighted by Gasteiger charge is -2.06. The number of halogens is 2. The third-order valence-corrected chi connectivity index (χ3v) is 1.54. The molecule has 0 heterocycles. The monoisotopic (exact) mass is 420 g/mol. The number of methoxy groups -OCH3 is 2. The van der Waals surface area contributed by atoms with Gasteiger partial charge in [-0.15, -0.1) is 0 Å².